The molecule has 1 rings (SSSR count). The molecular formula is C12H18N2O3S. The summed E-state index contributed by atoms with van der Waals surface area (Å²) in [4.78, 5) is 11.7. The number of carbonyl (C=O) groups excluding carboxylic acids is 1. The fourth-order valence-corrected chi connectivity index (χ4v) is 2.24. The molecule has 0 unspecified atom stereocenters. The third kappa shape index (κ3) is 4.12. The van der Waals surface area contributed by atoms with Crippen LogP contribution >= 0.6 is 0 Å². The molecule has 0 spiro atoms. The lowest BCUT2D eigenvalue weighted by Gasteiger charge is -2.06. The zero-order valence-corrected chi connectivity index (χ0v) is 11.4. The molecule has 5 nitrogen and oxygen atoms in total. The highest BCUT2D eigenvalue weighted by Crippen LogP contribution is 2.15. The summed E-state index contributed by atoms with van der Waals surface area (Å²) in [6, 6.07) is 6.18. The first-order chi connectivity index (χ1) is 8.49. The van der Waals surface area contributed by atoms with Crippen molar-refractivity contribution in [3.8, 4) is 0 Å². The predicted octanol–water partition coefficient (Wildman–Crippen LogP) is 1.03. The number of benzene rings is 1. The van der Waals surface area contributed by atoms with Gasteiger partial charge in [0.1, 0.15) is 0 Å². The second-order valence-electron chi connectivity index (χ2n) is 3.76. The summed E-state index contributed by atoms with van der Waals surface area (Å²) < 4.78 is 23.2. The van der Waals surface area contributed by atoms with Crippen LogP contribution < -0.4 is 10.6 Å². The lowest BCUT2D eigenvalue weighted by molar-refractivity contribution is -0.115. The van der Waals surface area contributed by atoms with E-state index in [4.69, 9.17) is 0 Å². The monoisotopic (exact) mass is 270 g/mol. The Morgan fingerprint density at radius 1 is 1.17 bits per heavy atom. The number of hydrogen-bond acceptors (Lipinski definition) is 4. The molecule has 0 fully saturated rings. The molecule has 6 heteroatoms. The molecule has 1 aromatic carbocycles. The lowest BCUT2D eigenvalue weighted by Crippen LogP contribution is -2.27. The summed E-state index contributed by atoms with van der Waals surface area (Å²) in [5.74, 6) is -0.0815. The Bertz CT molecular complexity index is 495. The molecule has 0 aliphatic rings. The van der Waals surface area contributed by atoms with Gasteiger partial charge in [0.05, 0.1) is 17.2 Å². The van der Waals surface area contributed by atoms with Crippen LogP contribution in [0.2, 0.25) is 0 Å². The average molecular weight is 270 g/mol. The first-order valence-electron chi connectivity index (χ1n) is 5.83. The van der Waals surface area contributed by atoms with Crippen molar-refractivity contribution >= 4 is 21.4 Å². The molecule has 0 atom stereocenters. The van der Waals surface area contributed by atoms with Crippen molar-refractivity contribution < 1.29 is 13.2 Å². The van der Waals surface area contributed by atoms with E-state index in [1.165, 1.54) is 12.1 Å². The van der Waals surface area contributed by atoms with Crippen LogP contribution in [0, 0.1) is 0 Å². The van der Waals surface area contributed by atoms with Gasteiger partial charge >= 0.3 is 0 Å². The molecule has 0 radical (unpaired) electrons. The number of anilines is 1. The molecule has 0 bridgehead atoms. The fraction of sp³-hybridized carbons (Fsp3) is 0.417. The maximum Gasteiger partial charge on any atom is 0.238 e. The van der Waals surface area contributed by atoms with E-state index in [2.05, 4.69) is 10.6 Å². The number of likely N-dealkylation sites (N-methyl/N-ethyl adjacent to an activating group) is 1. The summed E-state index contributed by atoms with van der Waals surface area (Å²) in [6.07, 6.45) is 0. The third-order valence-corrected chi connectivity index (χ3v) is 4.16. The summed E-state index contributed by atoms with van der Waals surface area (Å²) in [5, 5.41) is 5.58. The van der Waals surface area contributed by atoms with Gasteiger partial charge in [-0.05, 0) is 30.8 Å². The predicted molar refractivity (Wildman–Crippen MR) is 71.3 cm³/mol. The summed E-state index contributed by atoms with van der Waals surface area (Å²) in [6.45, 7) is 4.48. The van der Waals surface area contributed by atoms with Crippen molar-refractivity contribution in [1.82, 2.24) is 5.32 Å². The molecule has 2 N–H and O–H groups in total. The Hall–Kier alpha value is -1.40. The summed E-state index contributed by atoms with van der Waals surface area (Å²) >= 11 is 0. The molecular weight excluding hydrogens is 252 g/mol. The highest BCUT2D eigenvalue weighted by molar-refractivity contribution is 7.91. The minimum absolute atomic E-state index is 0.0686. The van der Waals surface area contributed by atoms with E-state index in [1.54, 1.807) is 19.1 Å². The standard InChI is InChI=1S/C12H18N2O3S/c1-3-13-9-12(15)14-10-5-7-11(8-6-10)18(16,17)4-2/h5-8,13H,3-4,9H2,1-2H3,(H,14,15). The van der Waals surface area contributed by atoms with Crippen LogP contribution in [0.15, 0.2) is 29.2 Å². The van der Waals surface area contributed by atoms with Gasteiger partial charge < -0.3 is 10.6 Å². The normalized spacial score (nSPS) is 11.2. The van der Waals surface area contributed by atoms with Gasteiger partial charge in [-0.25, -0.2) is 8.42 Å². The van der Waals surface area contributed by atoms with Gasteiger partial charge in [0.25, 0.3) is 0 Å². The van der Waals surface area contributed by atoms with Crippen LogP contribution in [0.1, 0.15) is 13.8 Å². The van der Waals surface area contributed by atoms with E-state index in [-0.39, 0.29) is 23.1 Å². The number of rotatable bonds is 6. The van der Waals surface area contributed by atoms with Gasteiger partial charge in [0.15, 0.2) is 9.84 Å². The Balaban J connectivity index is 2.69. The Morgan fingerprint density at radius 2 is 1.78 bits per heavy atom. The van der Waals surface area contributed by atoms with E-state index in [9.17, 15) is 13.2 Å². The van der Waals surface area contributed by atoms with Gasteiger partial charge in [-0.2, -0.15) is 0 Å². The minimum atomic E-state index is -3.18. The third-order valence-electron chi connectivity index (χ3n) is 2.41. The maximum atomic E-state index is 11.6. The first kappa shape index (κ1) is 14.7. The Labute approximate surface area is 108 Å². The minimum Gasteiger partial charge on any atom is -0.325 e. The molecule has 0 aromatic heterocycles. The maximum absolute atomic E-state index is 11.6. The topological polar surface area (TPSA) is 75.3 Å². The van der Waals surface area contributed by atoms with E-state index in [1.807, 2.05) is 6.92 Å². The molecule has 1 aromatic rings. The summed E-state index contributed by atoms with van der Waals surface area (Å²) in [7, 11) is -3.18. The van der Waals surface area contributed by atoms with E-state index in [0.29, 0.717) is 5.69 Å². The van der Waals surface area contributed by atoms with Crippen LogP contribution in [-0.2, 0) is 14.6 Å². The van der Waals surface area contributed by atoms with Crippen molar-refractivity contribution in [1.29, 1.82) is 0 Å². The quantitative estimate of drug-likeness (QED) is 0.809. The van der Waals surface area contributed by atoms with Gasteiger partial charge in [-0.15, -0.1) is 0 Å². The molecule has 0 aliphatic heterocycles. The van der Waals surface area contributed by atoms with E-state index >= 15 is 0 Å². The first-order valence-corrected chi connectivity index (χ1v) is 7.48. The molecule has 0 saturated carbocycles. The van der Waals surface area contributed by atoms with Crippen LogP contribution in [0.3, 0.4) is 0 Å². The van der Waals surface area contributed by atoms with Crippen molar-refractivity contribution in [3.05, 3.63) is 24.3 Å². The highest BCUT2D eigenvalue weighted by Gasteiger charge is 2.11. The fourth-order valence-electron chi connectivity index (χ4n) is 1.36. The number of amides is 1. The van der Waals surface area contributed by atoms with Crippen molar-refractivity contribution in [2.45, 2.75) is 18.7 Å². The number of hydrogen-bond donors (Lipinski definition) is 2. The molecule has 100 valence electrons. The van der Waals surface area contributed by atoms with Gasteiger partial charge in [-0.3, -0.25) is 4.79 Å². The van der Waals surface area contributed by atoms with Crippen molar-refractivity contribution in [3.63, 3.8) is 0 Å². The molecule has 0 aliphatic carbocycles. The zero-order valence-electron chi connectivity index (χ0n) is 10.6. The average Bonchev–Trinajstić information content (AvgIpc) is 2.37. The second kappa shape index (κ2) is 6.51. The number of nitrogens with one attached hydrogen (secondary N) is 2. The molecule has 0 saturated heterocycles. The highest BCUT2D eigenvalue weighted by atomic mass is 32.2. The Kier molecular flexibility index (Phi) is 5.30. The lowest BCUT2D eigenvalue weighted by atomic mass is 10.3. The Morgan fingerprint density at radius 3 is 2.28 bits per heavy atom. The number of carbonyl (C=O) groups is 1. The van der Waals surface area contributed by atoms with Crippen LogP contribution in [0.25, 0.3) is 0 Å². The largest absolute Gasteiger partial charge is 0.325 e. The van der Waals surface area contributed by atoms with Crippen molar-refractivity contribution in [2.75, 3.05) is 24.2 Å². The molecule has 18 heavy (non-hydrogen) atoms. The smallest absolute Gasteiger partial charge is 0.238 e. The van der Waals surface area contributed by atoms with E-state index in [0.717, 1.165) is 6.54 Å². The zero-order chi connectivity index (χ0) is 13.6. The van der Waals surface area contributed by atoms with Gasteiger partial charge in [0.2, 0.25) is 5.91 Å². The second-order valence-corrected chi connectivity index (χ2v) is 6.03. The van der Waals surface area contributed by atoms with Crippen molar-refractivity contribution in [2.24, 2.45) is 0 Å². The van der Waals surface area contributed by atoms with Crippen LogP contribution in [0.5, 0.6) is 0 Å². The van der Waals surface area contributed by atoms with Crippen LogP contribution in [0.4, 0.5) is 5.69 Å². The van der Waals surface area contributed by atoms with Gasteiger partial charge in [-0.1, -0.05) is 13.8 Å². The summed E-state index contributed by atoms with van der Waals surface area (Å²) in [5.41, 5.74) is 0.591. The van der Waals surface area contributed by atoms with Gasteiger partial charge in [0, 0.05) is 5.69 Å². The van der Waals surface area contributed by atoms with Crippen LogP contribution in [-0.4, -0.2) is 33.2 Å². The SMILES string of the molecule is CCNCC(=O)Nc1ccc(S(=O)(=O)CC)cc1. The molecule has 1 amide bonds. The van der Waals surface area contributed by atoms with E-state index < -0.39 is 9.84 Å². The number of sulfone groups is 1. The molecule has 0 heterocycles.